The van der Waals surface area contributed by atoms with Gasteiger partial charge in [-0.15, -0.1) is 0 Å². The van der Waals surface area contributed by atoms with Crippen LogP contribution in [0.25, 0.3) is 0 Å². The highest BCUT2D eigenvalue weighted by molar-refractivity contribution is 5.45. The standard InChI is InChI=1S/C23H45N7O2/c1-7-8-11-24-19-26-20(25-12-9-14-31)28-21(27-19)30(13-10-15-32-6)18-16-22(2,3)29-23(4,5)17-18/h18,29,31H,7-17H2,1-6H3,(H2,24,25,26,27,28). The fourth-order valence-electron chi connectivity index (χ4n) is 4.62. The molecule has 1 fully saturated rings. The van der Waals surface area contributed by atoms with Crippen LogP contribution in [0.1, 0.15) is 73.1 Å². The van der Waals surface area contributed by atoms with Crippen LogP contribution >= 0.6 is 0 Å². The monoisotopic (exact) mass is 451 g/mol. The molecule has 1 aromatic heterocycles. The first-order valence-corrected chi connectivity index (χ1v) is 12.1. The van der Waals surface area contributed by atoms with E-state index in [2.05, 4.69) is 60.5 Å². The van der Waals surface area contributed by atoms with Crippen LogP contribution in [0.4, 0.5) is 17.8 Å². The molecule has 0 aromatic carbocycles. The SMILES string of the molecule is CCCCNc1nc(NCCCO)nc(N(CCCOC)C2CC(C)(C)NC(C)(C)C2)n1. The number of methoxy groups -OCH3 is 1. The summed E-state index contributed by atoms with van der Waals surface area (Å²) in [7, 11) is 1.74. The molecule has 0 bridgehead atoms. The van der Waals surface area contributed by atoms with Gasteiger partial charge in [-0.25, -0.2) is 0 Å². The second-order valence-electron chi connectivity index (χ2n) is 10.1. The van der Waals surface area contributed by atoms with E-state index in [1.165, 1.54) is 0 Å². The van der Waals surface area contributed by atoms with Crippen LogP contribution < -0.4 is 20.9 Å². The Labute approximate surface area is 194 Å². The molecule has 0 unspecified atom stereocenters. The Morgan fingerprint density at radius 3 is 2.12 bits per heavy atom. The number of piperidine rings is 1. The van der Waals surface area contributed by atoms with Crippen LogP contribution in [0.2, 0.25) is 0 Å². The maximum atomic E-state index is 9.14. The van der Waals surface area contributed by atoms with Crippen molar-refractivity contribution in [1.82, 2.24) is 20.3 Å². The number of hydrogen-bond donors (Lipinski definition) is 4. The molecule has 32 heavy (non-hydrogen) atoms. The van der Waals surface area contributed by atoms with E-state index >= 15 is 0 Å². The zero-order chi connectivity index (χ0) is 23.6. The van der Waals surface area contributed by atoms with Crippen LogP contribution in [0.5, 0.6) is 0 Å². The third-order valence-corrected chi connectivity index (χ3v) is 5.67. The van der Waals surface area contributed by atoms with Gasteiger partial charge in [0.2, 0.25) is 17.8 Å². The first kappa shape index (κ1) is 26.5. The van der Waals surface area contributed by atoms with Crippen LogP contribution in [0.15, 0.2) is 0 Å². The van der Waals surface area contributed by atoms with Crippen molar-refractivity contribution < 1.29 is 9.84 Å². The van der Waals surface area contributed by atoms with Gasteiger partial charge in [0, 0.05) is 57.1 Å². The molecule has 2 rings (SSSR count). The maximum Gasteiger partial charge on any atom is 0.232 e. The van der Waals surface area contributed by atoms with E-state index in [4.69, 9.17) is 19.8 Å². The van der Waals surface area contributed by atoms with Crippen LogP contribution in [0, 0.1) is 0 Å². The van der Waals surface area contributed by atoms with E-state index in [0.717, 1.165) is 45.2 Å². The Balaban J connectivity index is 2.36. The highest BCUT2D eigenvalue weighted by atomic mass is 16.5. The van der Waals surface area contributed by atoms with Gasteiger partial charge in [-0.1, -0.05) is 13.3 Å². The number of hydrogen-bond acceptors (Lipinski definition) is 9. The fraction of sp³-hybridized carbons (Fsp3) is 0.870. The molecule has 1 aliphatic heterocycles. The molecule has 0 aliphatic carbocycles. The third kappa shape index (κ3) is 8.67. The second kappa shape index (κ2) is 12.5. The number of aliphatic hydroxyl groups excluding tert-OH is 1. The smallest absolute Gasteiger partial charge is 0.232 e. The highest BCUT2D eigenvalue weighted by Gasteiger charge is 2.40. The van der Waals surface area contributed by atoms with Crippen molar-refractivity contribution >= 4 is 17.8 Å². The molecule has 0 amide bonds. The van der Waals surface area contributed by atoms with Crippen LogP contribution in [-0.4, -0.2) is 77.1 Å². The first-order chi connectivity index (χ1) is 15.2. The molecular formula is C23H45N7O2. The summed E-state index contributed by atoms with van der Waals surface area (Å²) in [4.78, 5) is 16.5. The lowest BCUT2D eigenvalue weighted by atomic mass is 9.79. The van der Waals surface area contributed by atoms with Gasteiger partial charge in [0.15, 0.2) is 0 Å². The van der Waals surface area contributed by atoms with Crippen molar-refractivity contribution in [2.24, 2.45) is 0 Å². The largest absolute Gasteiger partial charge is 0.396 e. The Morgan fingerprint density at radius 1 is 1.00 bits per heavy atom. The molecule has 9 heteroatoms. The van der Waals surface area contributed by atoms with E-state index in [9.17, 15) is 0 Å². The van der Waals surface area contributed by atoms with Crippen LogP contribution in [-0.2, 0) is 4.74 Å². The second-order valence-corrected chi connectivity index (χ2v) is 10.1. The number of ether oxygens (including phenoxy) is 1. The number of unbranched alkanes of at least 4 members (excludes halogenated alkanes) is 1. The van der Waals surface area contributed by atoms with Crippen molar-refractivity contribution in [3.8, 4) is 0 Å². The molecule has 0 spiro atoms. The van der Waals surface area contributed by atoms with Crippen LogP contribution in [0.3, 0.4) is 0 Å². The summed E-state index contributed by atoms with van der Waals surface area (Å²) < 4.78 is 5.34. The van der Waals surface area contributed by atoms with Gasteiger partial charge >= 0.3 is 0 Å². The molecule has 0 saturated carbocycles. The van der Waals surface area contributed by atoms with Crippen molar-refractivity contribution in [1.29, 1.82) is 0 Å². The summed E-state index contributed by atoms with van der Waals surface area (Å²) in [5.74, 6) is 1.84. The third-order valence-electron chi connectivity index (χ3n) is 5.67. The van der Waals surface area contributed by atoms with E-state index < -0.39 is 0 Å². The molecular weight excluding hydrogens is 406 g/mol. The molecule has 0 atom stereocenters. The molecule has 184 valence electrons. The predicted molar refractivity (Wildman–Crippen MR) is 132 cm³/mol. The zero-order valence-corrected chi connectivity index (χ0v) is 21.0. The van der Waals surface area contributed by atoms with Gasteiger partial charge in [0.25, 0.3) is 0 Å². The van der Waals surface area contributed by atoms with E-state index in [1.54, 1.807) is 7.11 Å². The number of nitrogens with zero attached hydrogens (tertiary/aromatic N) is 4. The molecule has 1 saturated heterocycles. The zero-order valence-electron chi connectivity index (χ0n) is 21.0. The minimum atomic E-state index is 0.0172. The average Bonchev–Trinajstić information content (AvgIpc) is 2.69. The molecule has 4 N–H and O–H groups in total. The molecule has 1 aliphatic rings. The van der Waals surface area contributed by atoms with Gasteiger partial charge in [-0.3, -0.25) is 0 Å². The van der Waals surface area contributed by atoms with Crippen molar-refractivity contribution in [3.63, 3.8) is 0 Å². The average molecular weight is 452 g/mol. The predicted octanol–water partition coefficient (Wildman–Crippen LogP) is 3.03. The summed E-state index contributed by atoms with van der Waals surface area (Å²) in [6.07, 6.45) is 5.71. The van der Waals surface area contributed by atoms with E-state index in [0.29, 0.717) is 43.5 Å². The number of aliphatic hydroxyl groups is 1. The summed E-state index contributed by atoms with van der Waals surface area (Å²) in [5, 5.41) is 19.5. The summed E-state index contributed by atoms with van der Waals surface area (Å²) >= 11 is 0. The van der Waals surface area contributed by atoms with Crippen molar-refractivity contribution in [2.75, 3.05) is 55.5 Å². The molecule has 1 aromatic rings. The summed E-state index contributed by atoms with van der Waals surface area (Å²) in [5.41, 5.74) is 0.0345. The van der Waals surface area contributed by atoms with Gasteiger partial charge in [0.05, 0.1) is 0 Å². The molecule has 2 heterocycles. The van der Waals surface area contributed by atoms with Crippen molar-refractivity contribution in [2.45, 2.75) is 90.3 Å². The lowest BCUT2D eigenvalue weighted by Crippen LogP contribution is -2.62. The normalized spacial score (nSPS) is 17.8. The first-order valence-electron chi connectivity index (χ1n) is 12.1. The fourth-order valence-corrected chi connectivity index (χ4v) is 4.62. The van der Waals surface area contributed by atoms with E-state index in [-0.39, 0.29) is 17.7 Å². The minimum absolute atomic E-state index is 0.0172. The quantitative estimate of drug-likeness (QED) is 0.317. The number of rotatable bonds is 14. The number of aromatic nitrogens is 3. The van der Waals surface area contributed by atoms with Gasteiger partial charge < -0.3 is 30.7 Å². The summed E-state index contributed by atoms with van der Waals surface area (Å²) in [6.45, 7) is 14.3. The molecule has 9 nitrogen and oxygen atoms in total. The van der Waals surface area contributed by atoms with Gasteiger partial charge in [-0.2, -0.15) is 15.0 Å². The highest BCUT2D eigenvalue weighted by Crippen LogP contribution is 2.33. The number of nitrogens with one attached hydrogen (secondary N) is 3. The minimum Gasteiger partial charge on any atom is -0.396 e. The van der Waals surface area contributed by atoms with E-state index in [1.807, 2.05) is 0 Å². The maximum absolute atomic E-state index is 9.14. The Morgan fingerprint density at radius 2 is 1.59 bits per heavy atom. The van der Waals surface area contributed by atoms with Gasteiger partial charge in [0.1, 0.15) is 0 Å². The number of anilines is 3. The van der Waals surface area contributed by atoms with Crippen molar-refractivity contribution in [3.05, 3.63) is 0 Å². The topological polar surface area (TPSA) is 107 Å². The lowest BCUT2D eigenvalue weighted by molar-refractivity contribution is 0.154. The lowest BCUT2D eigenvalue weighted by Gasteiger charge is -2.49. The Hall–Kier alpha value is -1.71. The Bertz CT molecular complexity index is 640. The van der Waals surface area contributed by atoms with Gasteiger partial charge in [-0.05, 0) is 59.8 Å². The Kier molecular flexibility index (Phi) is 10.4. The summed E-state index contributed by atoms with van der Waals surface area (Å²) in [6, 6.07) is 0.300. The molecule has 0 radical (unpaired) electrons.